The Kier molecular flexibility index (Phi) is 6.82. The van der Waals surface area contributed by atoms with E-state index < -0.39 is 0 Å². The topological polar surface area (TPSA) is 64.4 Å². The number of nitrogens with zero attached hydrogens (tertiary/aromatic N) is 3. The summed E-state index contributed by atoms with van der Waals surface area (Å²) in [6.45, 7) is 11.4. The van der Waals surface area contributed by atoms with Crippen molar-refractivity contribution in [1.82, 2.24) is 9.47 Å². The Hall–Kier alpha value is -1.44. The SMILES string of the molecule is Br.CC(C)(C)C(=O)Cn1c(N)[n+](CCN2CCOCC2)c2ccccc21. The summed E-state index contributed by atoms with van der Waals surface area (Å²) in [5.41, 5.74) is 8.17. The van der Waals surface area contributed by atoms with E-state index in [0.29, 0.717) is 12.5 Å². The molecule has 0 bridgehead atoms. The van der Waals surface area contributed by atoms with Gasteiger partial charge in [0.15, 0.2) is 5.78 Å². The van der Waals surface area contributed by atoms with Crippen LogP contribution in [0.3, 0.4) is 0 Å². The van der Waals surface area contributed by atoms with E-state index in [1.54, 1.807) is 0 Å². The van der Waals surface area contributed by atoms with Gasteiger partial charge >= 0.3 is 5.95 Å². The average molecular weight is 426 g/mol. The van der Waals surface area contributed by atoms with E-state index in [4.69, 9.17) is 10.5 Å². The van der Waals surface area contributed by atoms with Gasteiger partial charge in [-0.1, -0.05) is 32.9 Å². The fourth-order valence-electron chi connectivity index (χ4n) is 3.16. The molecule has 1 aliphatic heterocycles. The van der Waals surface area contributed by atoms with Crippen molar-refractivity contribution >= 4 is 39.7 Å². The van der Waals surface area contributed by atoms with Crippen molar-refractivity contribution in [3.05, 3.63) is 24.3 Å². The summed E-state index contributed by atoms with van der Waals surface area (Å²) in [5, 5.41) is 0. The van der Waals surface area contributed by atoms with E-state index in [9.17, 15) is 4.79 Å². The third-order valence-corrected chi connectivity index (χ3v) is 4.90. The third-order valence-electron chi connectivity index (χ3n) is 4.90. The number of hydrogen-bond acceptors (Lipinski definition) is 4. The highest BCUT2D eigenvalue weighted by Gasteiger charge is 2.28. The lowest BCUT2D eigenvalue weighted by molar-refractivity contribution is -0.657. The van der Waals surface area contributed by atoms with Crippen molar-refractivity contribution in [2.45, 2.75) is 33.9 Å². The first-order chi connectivity index (χ1) is 11.9. The van der Waals surface area contributed by atoms with Crippen molar-refractivity contribution in [3.8, 4) is 0 Å². The number of benzene rings is 1. The number of ether oxygens (including phenoxy) is 1. The molecule has 0 atom stereocenters. The number of halogens is 1. The first-order valence-corrected chi connectivity index (χ1v) is 8.98. The minimum absolute atomic E-state index is 0. The summed E-state index contributed by atoms with van der Waals surface area (Å²) in [5.74, 6) is 0.826. The number of anilines is 1. The Bertz CT molecular complexity index is 761. The van der Waals surface area contributed by atoms with E-state index in [2.05, 4.69) is 15.5 Å². The lowest BCUT2D eigenvalue weighted by atomic mass is 9.91. The molecule has 2 N–H and O–H groups in total. The third kappa shape index (κ3) is 4.45. The highest BCUT2D eigenvalue weighted by atomic mass is 79.9. The number of carbonyl (C=O) groups excluding carboxylic acids is 1. The average Bonchev–Trinajstić information content (AvgIpc) is 2.85. The number of imidazole rings is 1. The molecule has 1 fully saturated rings. The Labute approximate surface area is 165 Å². The van der Waals surface area contributed by atoms with Crippen LogP contribution in [0.5, 0.6) is 0 Å². The van der Waals surface area contributed by atoms with Crippen LogP contribution in [0, 0.1) is 5.41 Å². The van der Waals surface area contributed by atoms with Gasteiger partial charge in [-0.25, -0.2) is 9.13 Å². The van der Waals surface area contributed by atoms with Crippen LogP contribution in [0.25, 0.3) is 11.0 Å². The fourth-order valence-corrected chi connectivity index (χ4v) is 3.16. The van der Waals surface area contributed by atoms with Gasteiger partial charge in [-0.2, -0.15) is 0 Å². The van der Waals surface area contributed by atoms with Gasteiger partial charge in [0.2, 0.25) is 0 Å². The van der Waals surface area contributed by atoms with Gasteiger partial charge in [-0.05, 0) is 12.1 Å². The van der Waals surface area contributed by atoms with Crippen LogP contribution in [0.2, 0.25) is 0 Å². The molecule has 0 amide bonds. The zero-order valence-electron chi connectivity index (χ0n) is 15.9. The number of para-hydroxylation sites is 2. The van der Waals surface area contributed by atoms with Crippen molar-refractivity contribution in [2.75, 3.05) is 38.6 Å². The van der Waals surface area contributed by atoms with Gasteiger partial charge in [-0.15, -0.1) is 17.0 Å². The predicted molar refractivity (Wildman–Crippen MR) is 109 cm³/mol. The van der Waals surface area contributed by atoms with E-state index in [0.717, 1.165) is 50.4 Å². The van der Waals surface area contributed by atoms with Gasteiger partial charge in [0.25, 0.3) is 0 Å². The summed E-state index contributed by atoms with van der Waals surface area (Å²) < 4.78 is 9.48. The second kappa shape index (κ2) is 8.50. The standard InChI is InChI=1S/C19H28N4O2.BrH/c1-19(2,3)17(24)14-23-16-7-5-4-6-15(16)22(18(23)20)9-8-21-10-12-25-13-11-21;/h4-7,20H,8-14H2,1-3H3;1H/p+1. The van der Waals surface area contributed by atoms with Gasteiger partial charge in [0.1, 0.15) is 17.6 Å². The Balaban J connectivity index is 0.00000243. The molecule has 144 valence electrons. The van der Waals surface area contributed by atoms with Crippen LogP contribution in [0.4, 0.5) is 5.95 Å². The van der Waals surface area contributed by atoms with Crippen LogP contribution in [-0.2, 0) is 22.6 Å². The maximum absolute atomic E-state index is 12.5. The minimum atomic E-state index is -0.379. The van der Waals surface area contributed by atoms with Crippen molar-refractivity contribution < 1.29 is 14.1 Å². The summed E-state index contributed by atoms with van der Waals surface area (Å²) in [6, 6.07) is 8.12. The van der Waals surface area contributed by atoms with E-state index in [1.807, 2.05) is 43.5 Å². The molecule has 2 heterocycles. The zero-order valence-corrected chi connectivity index (χ0v) is 17.6. The van der Waals surface area contributed by atoms with Gasteiger partial charge < -0.3 is 4.74 Å². The maximum Gasteiger partial charge on any atom is 0.356 e. The number of nitrogens with two attached hydrogens (primary N) is 1. The van der Waals surface area contributed by atoms with E-state index >= 15 is 0 Å². The molecule has 3 rings (SSSR count). The quantitative estimate of drug-likeness (QED) is 0.744. The summed E-state index contributed by atoms with van der Waals surface area (Å²) in [7, 11) is 0. The molecule has 1 saturated heterocycles. The molecule has 6 nitrogen and oxygen atoms in total. The van der Waals surface area contributed by atoms with Crippen molar-refractivity contribution in [2.24, 2.45) is 5.41 Å². The number of morpholine rings is 1. The Morgan fingerprint density at radius 2 is 1.88 bits per heavy atom. The number of ketones is 1. The fraction of sp³-hybridized carbons (Fsp3) is 0.579. The molecule has 0 unspecified atom stereocenters. The monoisotopic (exact) mass is 425 g/mol. The molecule has 0 radical (unpaired) electrons. The molecule has 1 aromatic carbocycles. The van der Waals surface area contributed by atoms with Crippen LogP contribution >= 0.6 is 17.0 Å². The molecule has 0 aliphatic carbocycles. The van der Waals surface area contributed by atoms with E-state index in [1.165, 1.54) is 0 Å². The number of nitrogen functional groups attached to an aromatic ring is 1. The van der Waals surface area contributed by atoms with Crippen molar-refractivity contribution in [1.29, 1.82) is 0 Å². The zero-order chi connectivity index (χ0) is 18.0. The molecule has 0 spiro atoms. The first kappa shape index (κ1) is 20.9. The van der Waals surface area contributed by atoms with Crippen LogP contribution in [0.15, 0.2) is 24.3 Å². The number of carbonyl (C=O) groups is 1. The smallest absolute Gasteiger partial charge is 0.356 e. The van der Waals surface area contributed by atoms with Crippen LogP contribution < -0.4 is 10.3 Å². The lowest BCUT2D eigenvalue weighted by Gasteiger charge is -2.26. The van der Waals surface area contributed by atoms with Crippen LogP contribution in [-0.4, -0.2) is 48.1 Å². The number of rotatable bonds is 5. The molecule has 1 aromatic heterocycles. The van der Waals surface area contributed by atoms with Gasteiger partial charge in [-0.3, -0.25) is 15.4 Å². The van der Waals surface area contributed by atoms with E-state index in [-0.39, 0.29) is 28.2 Å². The molecular weight excluding hydrogens is 396 g/mol. The number of aromatic nitrogens is 2. The second-order valence-corrected chi connectivity index (χ2v) is 7.71. The molecule has 7 heteroatoms. The molecule has 1 aliphatic rings. The normalized spacial score (nSPS) is 15.8. The molecule has 26 heavy (non-hydrogen) atoms. The minimum Gasteiger partial charge on any atom is -0.379 e. The summed E-state index contributed by atoms with van der Waals surface area (Å²) >= 11 is 0. The number of Topliss-reactive ketones (excluding diaryl/α,β-unsaturated/α-hetero) is 1. The predicted octanol–water partition coefficient (Wildman–Crippen LogP) is 2.04. The number of fused-ring (bicyclic) bond motifs is 1. The van der Waals surface area contributed by atoms with Gasteiger partial charge in [0.05, 0.1) is 19.8 Å². The highest BCUT2D eigenvalue weighted by molar-refractivity contribution is 8.93. The largest absolute Gasteiger partial charge is 0.379 e. The van der Waals surface area contributed by atoms with Crippen LogP contribution in [0.1, 0.15) is 20.8 Å². The van der Waals surface area contributed by atoms with Crippen molar-refractivity contribution in [3.63, 3.8) is 0 Å². The first-order valence-electron chi connectivity index (χ1n) is 8.98. The molecule has 2 aromatic rings. The number of hydrogen-bond donors (Lipinski definition) is 1. The second-order valence-electron chi connectivity index (χ2n) is 7.71. The Morgan fingerprint density at radius 1 is 1.23 bits per heavy atom. The lowest BCUT2D eigenvalue weighted by Crippen LogP contribution is -2.45. The summed E-state index contributed by atoms with van der Waals surface area (Å²) in [6.07, 6.45) is 0. The summed E-state index contributed by atoms with van der Waals surface area (Å²) in [4.78, 5) is 14.9. The highest BCUT2D eigenvalue weighted by Crippen LogP contribution is 2.21. The maximum atomic E-state index is 12.5. The molecular formula is C19H30BrN4O2+. The Morgan fingerprint density at radius 3 is 2.54 bits per heavy atom. The van der Waals surface area contributed by atoms with Gasteiger partial charge in [0, 0.05) is 25.0 Å². The molecule has 0 saturated carbocycles.